The van der Waals surface area contributed by atoms with Crippen LogP contribution in [0.25, 0.3) is 6.08 Å². The molecule has 2 N–H and O–H groups in total. The summed E-state index contributed by atoms with van der Waals surface area (Å²) >= 11 is 7.87. The quantitative estimate of drug-likeness (QED) is 0.364. The molecule has 1 fully saturated rings. The molecule has 0 bridgehead atoms. The number of aryl methyl sites for hydroxylation is 1. The summed E-state index contributed by atoms with van der Waals surface area (Å²) in [5.74, 6) is 1.54. The molecular formula is C28H38ClN3OS. The molecule has 184 valence electrons. The van der Waals surface area contributed by atoms with Crippen molar-refractivity contribution < 1.29 is 4.79 Å². The largest absolute Gasteiger partial charge is 0.375 e. The number of nitrogens with zero attached hydrogens (tertiary/aromatic N) is 2. The van der Waals surface area contributed by atoms with Crippen LogP contribution in [-0.4, -0.2) is 34.8 Å². The fourth-order valence-electron chi connectivity index (χ4n) is 5.67. The number of halogens is 1. The third-order valence-electron chi connectivity index (χ3n) is 7.59. The minimum absolute atomic E-state index is 0.220. The van der Waals surface area contributed by atoms with Crippen molar-refractivity contribution in [2.45, 2.75) is 77.2 Å². The van der Waals surface area contributed by atoms with Crippen molar-refractivity contribution in [3.63, 3.8) is 0 Å². The van der Waals surface area contributed by atoms with E-state index in [-0.39, 0.29) is 5.78 Å². The smallest absolute Gasteiger partial charge is 0.180 e. The zero-order chi connectivity index (χ0) is 23.9. The molecular weight excluding hydrogens is 462 g/mol. The van der Waals surface area contributed by atoms with Crippen molar-refractivity contribution in [2.75, 3.05) is 18.8 Å². The maximum atomic E-state index is 12.5. The topological polar surface area (TPSA) is 59.2 Å². The van der Waals surface area contributed by atoms with Gasteiger partial charge in [-0.05, 0) is 93.7 Å². The summed E-state index contributed by atoms with van der Waals surface area (Å²) in [7, 11) is 0. The lowest BCUT2D eigenvalue weighted by Crippen LogP contribution is -2.41. The minimum Gasteiger partial charge on any atom is -0.375 e. The Morgan fingerprint density at radius 1 is 1.18 bits per heavy atom. The summed E-state index contributed by atoms with van der Waals surface area (Å²) in [6, 6.07) is 8.28. The second-order valence-electron chi connectivity index (χ2n) is 10.1. The number of anilines is 1. The van der Waals surface area contributed by atoms with Crippen LogP contribution in [0.1, 0.15) is 74.4 Å². The summed E-state index contributed by atoms with van der Waals surface area (Å²) in [5.41, 5.74) is 8.10. The van der Waals surface area contributed by atoms with Gasteiger partial charge in [-0.25, -0.2) is 4.98 Å². The Bertz CT molecular complexity index is 980. The van der Waals surface area contributed by atoms with E-state index in [0.29, 0.717) is 23.4 Å². The maximum Gasteiger partial charge on any atom is 0.180 e. The highest BCUT2D eigenvalue weighted by Crippen LogP contribution is 2.34. The first-order valence-corrected chi connectivity index (χ1v) is 14.1. The Labute approximate surface area is 213 Å². The molecule has 2 aromatic rings. The molecule has 4 rings (SSSR count). The van der Waals surface area contributed by atoms with Crippen LogP contribution < -0.4 is 5.73 Å². The van der Waals surface area contributed by atoms with Gasteiger partial charge >= 0.3 is 0 Å². The molecule has 0 spiro atoms. The van der Waals surface area contributed by atoms with Gasteiger partial charge in [0.05, 0.1) is 5.69 Å². The maximum absolute atomic E-state index is 12.5. The van der Waals surface area contributed by atoms with Crippen LogP contribution >= 0.6 is 22.9 Å². The van der Waals surface area contributed by atoms with Crippen molar-refractivity contribution >= 4 is 39.9 Å². The SMILES string of the molecule is CCCN(CCC1CCC(CC(=O)/C=C/c2ccccc2Cl)CC1)[C@H]1CCc2nc(N)sc2C1. The highest BCUT2D eigenvalue weighted by molar-refractivity contribution is 7.15. The average Bonchev–Trinajstić information content (AvgIpc) is 3.21. The number of nitrogen functional groups attached to an aromatic ring is 1. The second-order valence-corrected chi connectivity index (χ2v) is 11.6. The van der Waals surface area contributed by atoms with Gasteiger partial charge in [0.1, 0.15) is 0 Å². The molecule has 0 unspecified atom stereocenters. The number of allylic oxidation sites excluding steroid dienone is 1. The monoisotopic (exact) mass is 499 g/mol. The highest BCUT2D eigenvalue weighted by Gasteiger charge is 2.28. The molecule has 1 heterocycles. The number of fused-ring (bicyclic) bond motifs is 1. The van der Waals surface area contributed by atoms with Crippen LogP contribution in [0.3, 0.4) is 0 Å². The molecule has 0 aliphatic heterocycles. The molecule has 0 amide bonds. The van der Waals surface area contributed by atoms with E-state index in [1.807, 2.05) is 30.3 Å². The van der Waals surface area contributed by atoms with Gasteiger partial charge in [0.25, 0.3) is 0 Å². The highest BCUT2D eigenvalue weighted by atomic mass is 35.5. The first-order valence-electron chi connectivity index (χ1n) is 12.9. The van der Waals surface area contributed by atoms with Crippen LogP contribution in [0.4, 0.5) is 5.13 Å². The third-order valence-corrected chi connectivity index (χ3v) is 8.89. The molecule has 34 heavy (non-hydrogen) atoms. The van der Waals surface area contributed by atoms with E-state index in [4.69, 9.17) is 17.3 Å². The molecule has 1 aromatic carbocycles. The van der Waals surface area contributed by atoms with Crippen LogP contribution in [-0.2, 0) is 17.6 Å². The van der Waals surface area contributed by atoms with Gasteiger partial charge in [-0.15, -0.1) is 11.3 Å². The summed E-state index contributed by atoms with van der Waals surface area (Å²) in [5, 5.41) is 1.41. The fourth-order valence-corrected chi connectivity index (χ4v) is 6.82. The number of carbonyl (C=O) groups excluding carboxylic acids is 1. The van der Waals surface area contributed by atoms with Crippen LogP contribution in [0, 0.1) is 11.8 Å². The number of nitrogens with two attached hydrogens (primary N) is 1. The van der Waals surface area contributed by atoms with Gasteiger partial charge in [-0.3, -0.25) is 4.79 Å². The average molecular weight is 500 g/mol. The van der Waals surface area contributed by atoms with E-state index in [9.17, 15) is 4.79 Å². The molecule has 2 aliphatic carbocycles. The number of hydrogen-bond donors (Lipinski definition) is 1. The Balaban J connectivity index is 1.20. The zero-order valence-corrected chi connectivity index (χ0v) is 21.9. The molecule has 1 atom stereocenters. The normalized spacial score (nSPS) is 22.9. The Morgan fingerprint density at radius 2 is 1.94 bits per heavy atom. The van der Waals surface area contributed by atoms with Crippen molar-refractivity contribution in [2.24, 2.45) is 11.8 Å². The van der Waals surface area contributed by atoms with E-state index < -0.39 is 0 Å². The summed E-state index contributed by atoms with van der Waals surface area (Å²) in [4.78, 5) is 21.1. The van der Waals surface area contributed by atoms with E-state index in [0.717, 1.165) is 29.5 Å². The van der Waals surface area contributed by atoms with Crippen molar-refractivity contribution in [1.29, 1.82) is 0 Å². The lowest BCUT2D eigenvalue weighted by atomic mass is 9.78. The standard InChI is InChI=1S/C28H38ClN3OS/c1-2-16-32(23-12-14-26-27(19-23)34-28(30)31-26)17-15-20-7-9-21(10-8-20)18-24(33)13-11-22-5-3-4-6-25(22)29/h3-6,11,13,20-21,23H,2,7-10,12,14-19H2,1H3,(H2,30,31)/b13-11+/t20?,21?,23-/m0/s1. The summed E-state index contributed by atoms with van der Waals surface area (Å²) in [6.45, 7) is 4.65. The summed E-state index contributed by atoms with van der Waals surface area (Å²) < 4.78 is 0. The molecule has 2 aliphatic rings. The predicted octanol–water partition coefficient (Wildman–Crippen LogP) is 6.82. The number of ketones is 1. The van der Waals surface area contributed by atoms with Crippen LogP contribution in [0.15, 0.2) is 30.3 Å². The fraction of sp³-hybridized carbons (Fsp3) is 0.571. The Kier molecular flexibility index (Phi) is 9.21. The number of benzene rings is 1. The minimum atomic E-state index is 0.220. The predicted molar refractivity (Wildman–Crippen MR) is 144 cm³/mol. The molecule has 0 radical (unpaired) electrons. The Hall–Kier alpha value is -1.69. The Morgan fingerprint density at radius 3 is 2.71 bits per heavy atom. The van der Waals surface area contributed by atoms with E-state index in [2.05, 4.69) is 16.8 Å². The lowest BCUT2D eigenvalue weighted by Gasteiger charge is -2.36. The molecule has 4 nitrogen and oxygen atoms in total. The van der Waals surface area contributed by atoms with Gasteiger partial charge in [0.15, 0.2) is 10.9 Å². The van der Waals surface area contributed by atoms with Crippen molar-refractivity contribution in [1.82, 2.24) is 9.88 Å². The van der Waals surface area contributed by atoms with Crippen molar-refractivity contribution in [3.05, 3.63) is 51.5 Å². The van der Waals surface area contributed by atoms with Gasteiger partial charge in [-0.1, -0.05) is 49.6 Å². The number of hydrogen-bond acceptors (Lipinski definition) is 5. The number of rotatable bonds is 10. The van der Waals surface area contributed by atoms with E-state index >= 15 is 0 Å². The number of aromatic nitrogens is 1. The van der Waals surface area contributed by atoms with Gasteiger partial charge in [0.2, 0.25) is 0 Å². The van der Waals surface area contributed by atoms with E-state index in [1.165, 1.54) is 68.6 Å². The second kappa shape index (κ2) is 12.3. The molecule has 6 heteroatoms. The zero-order valence-electron chi connectivity index (χ0n) is 20.3. The summed E-state index contributed by atoms with van der Waals surface area (Å²) in [6.07, 6.45) is 15.0. The molecule has 1 saturated carbocycles. The van der Waals surface area contributed by atoms with E-state index in [1.54, 1.807) is 17.4 Å². The third kappa shape index (κ3) is 6.93. The molecule has 0 saturated heterocycles. The lowest BCUT2D eigenvalue weighted by molar-refractivity contribution is -0.115. The van der Waals surface area contributed by atoms with Crippen LogP contribution in [0.2, 0.25) is 5.02 Å². The first-order chi connectivity index (χ1) is 16.5. The van der Waals surface area contributed by atoms with Crippen molar-refractivity contribution in [3.8, 4) is 0 Å². The van der Waals surface area contributed by atoms with Gasteiger partial charge in [-0.2, -0.15) is 0 Å². The number of thiazole rings is 1. The van der Waals surface area contributed by atoms with Gasteiger partial charge in [0, 0.05) is 22.4 Å². The van der Waals surface area contributed by atoms with Crippen LogP contribution in [0.5, 0.6) is 0 Å². The molecule has 1 aromatic heterocycles. The first kappa shape index (κ1) is 25.4. The van der Waals surface area contributed by atoms with Gasteiger partial charge < -0.3 is 10.6 Å². The number of carbonyl (C=O) groups is 1.